The van der Waals surface area contributed by atoms with Gasteiger partial charge in [0.1, 0.15) is 6.61 Å². The number of ketones is 1. The van der Waals surface area contributed by atoms with Crippen molar-refractivity contribution in [3.05, 3.63) is 95.1 Å². The third kappa shape index (κ3) is 4.84. The molecule has 0 heterocycles. The second-order valence-corrected chi connectivity index (χ2v) is 6.97. The molecular formula is C24H24O4. The molecule has 0 spiro atoms. The van der Waals surface area contributed by atoms with Crippen LogP contribution in [0.5, 0.6) is 0 Å². The summed E-state index contributed by atoms with van der Waals surface area (Å²) in [4.78, 5) is 25.1. The zero-order chi connectivity index (χ0) is 19.9. The molecule has 1 aliphatic rings. The van der Waals surface area contributed by atoms with Crippen LogP contribution in [0.4, 0.5) is 0 Å². The van der Waals surface area contributed by atoms with Gasteiger partial charge in [0.2, 0.25) is 0 Å². The van der Waals surface area contributed by atoms with Gasteiger partial charge in [0.05, 0.1) is 5.92 Å². The number of aliphatic hydroxyl groups is 1. The minimum atomic E-state index is -0.470. The predicted molar refractivity (Wildman–Crippen MR) is 108 cm³/mol. The number of carbonyl (C=O) groups excluding carboxylic acids is 2. The largest absolute Gasteiger partial charge is 0.460 e. The number of allylic oxidation sites excluding steroid dienone is 1. The summed E-state index contributed by atoms with van der Waals surface area (Å²) in [6, 6.07) is 16.2. The van der Waals surface area contributed by atoms with E-state index in [1.165, 1.54) is 0 Å². The molecule has 144 valence electrons. The highest BCUT2D eigenvalue weighted by molar-refractivity contribution is 6.09. The molecule has 0 fully saturated rings. The zero-order valence-electron chi connectivity index (χ0n) is 15.9. The van der Waals surface area contributed by atoms with Gasteiger partial charge in [-0.1, -0.05) is 66.8 Å². The Kier molecular flexibility index (Phi) is 6.56. The summed E-state index contributed by atoms with van der Waals surface area (Å²) in [5, 5.41) is 9.14. The predicted octanol–water partition coefficient (Wildman–Crippen LogP) is 4.06. The molecule has 0 bridgehead atoms. The van der Waals surface area contributed by atoms with Crippen molar-refractivity contribution >= 4 is 11.8 Å². The lowest BCUT2D eigenvalue weighted by atomic mass is 9.95. The average molecular weight is 376 g/mol. The maximum Gasteiger partial charge on any atom is 0.313 e. The topological polar surface area (TPSA) is 63.6 Å². The van der Waals surface area contributed by atoms with Crippen molar-refractivity contribution in [3.63, 3.8) is 0 Å². The molecule has 2 atom stereocenters. The molecule has 1 N–H and O–H groups in total. The van der Waals surface area contributed by atoms with E-state index in [0.29, 0.717) is 11.1 Å². The standard InChI is InChI=1S/C24H24O4/c1-17(24(27)28-16-19-12-10-18(15-25)11-13-19)21-8-5-9-22(14-21)23(26)20-6-3-2-4-7-20/h2-10,12-14,17-18,25H,11,15-16H2,1H3. The Bertz CT molecular complexity index is 896. The van der Waals surface area contributed by atoms with Crippen molar-refractivity contribution in [2.24, 2.45) is 5.92 Å². The van der Waals surface area contributed by atoms with Crippen molar-refractivity contribution in [3.8, 4) is 0 Å². The van der Waals surface area contributed by atoms with Gasteiger partial charge in [-0.3, -0.25) is 9.59 Å². The third-order valence-corrected chi connectivity index (χ3v) is 4.92. The molecule has 0 saturated carbocycles. The maximum absolute atomic E-state index is 12.6. The SMILES string of the molecule is CC(C(=O)OCC1=CCC(CO)C=C1)c1cccc(C(=O)c2ccccc2)c1. The highest BCUT2D eigenvalue weighted by Crippen LogP contribution is 2.21. The number of ether oxygens (including phenoxy) is 1. The fourth-order valence-electron chi connectivity index (χ4n) is 3.07. The Morgan fingerprint density at radius 1 is 1.11 bits per heavy atom. The zero-order valence-corrected chi connectivity index (χ0v) is 15.9. The molecule has 0 radical (unpaired) electrons. The van der Waals surface area contributed by atoms with Crippen LogP contribution in [-0.2, 0) is 9.53 Å². The van der Waals surface area contributed by atoms with Crippen molar-refractivity contribution < 1.29 is 19.4 Å². The van der Waals surface area contributed by atoms with Crippen LogP contribution in [0.2, 0.25) is 0 Å². The van der Waals surface area contributed by atoms with E-state index in [9.17, 15) is 9.59 Å². The Morgan fingerprint density at radius 2 is 1.86 bits per heavy atom. The molecule has 2 aromatic rings. The summed E-state index contributed by atoms with van der Waals surface area (Å²) in [5.41, 5.74) is 2.85. The number of rotatable bonds is 7. The van der Waals surface area contributed by atoms with Crippen LogP contribution in [0.15, 0.2) is 78.4 Å². The number of aliphatic hydroxyl groups excluding tert-OH is 1. The highest BCUT2D eigenvalue weighted by atomic mass is 16.5. The molecule has 4 nitrogen and oxygen atoms in total. The van der Waals surface area contributed by atoms with Crippen molar-refractivity contribution in [2.75, 3.05) is 13.2 Å². The van der Waals surface area contributed by atoms with E-state index < -0.39 is 5.92 Å². The molecule has 1 aliphatic carbocycles. The molecule has 4 heteroatoms. The summed E-state index contributed by atoms with van der Waals surface area (Å²) in [6.07, 6.45) is 6.56. The van der Waals surface area contributed by atoms with E-state index >= 15 is 0 Å². The van der Waals surface area contributed by atoms with Gasteiger partial charge < -0.3 is 9.84 Å². The first-order valence-corrected chi connectivity index (χ1v) is 9.43. The summed E-state index contributed by atoms with van der Waals surface area (Å²) in [6.45, 7) is 2.11. The van der Waals surface area contributed by atoms with Gasteiger partial charge in [-0.25, -0.2) is 0 Å². The Hall–Kier alpha value is -2.98. The van der Waals surface area contributed by atoms with E-state index in [1.807, 2.05) is 42.5 Å². The third-order valence-electron chi connectivity index (χ3n) is 4.92. The Labute approximate surface area is 165 Å². The second-order valence-electron chi connectivity index (χ2n) is 6.97. The number of benzene rings is 2. The minimum absolute atomic E-state index is 0.0704. The van der Waals surface area contributed by atoms with Crippen LogP contribution in [0.1, 0.15) is 40.7 Å². The minimum Gasteiger partial charge on any atom is -0.460 e. The first-order chi connectivity index (χ1) is 13.6. The van der Waals surface area contributed by atoms with E-state index in [0.717, 1.165) is 17.6 Å². The number of esters is 1. The van der Waals surface area contributed by atoms with Crippen molar-refractivity contribution in [2.45, 2.75) is 19.3 Å². The second kappa shape index (κ2) is 9.29. The lowest BCUT2D eigenvalue weighted by molar-refractivity contribution is -0.144. The molecule has 2 aromatic carbocycles. The fraction of sp³-hybridized carbons (Fsp3) is 0.250. The van der Waals surface area contributed by atoms with Crippen LogP contribution in [0, 0.1) is 5.92 Å². The molecule has 0 aromatic heterocycles. The smallest absolute Gasteiger partial charge is 0.313 e. The molecule has 28 heavy (non-hydrogen) atoms. The van der Waals surface area contributed by atoms with Crippen LogP contribution in [0.3, 0.4) is 0 Å². The summed E-state index contributed by atoms with van der Waals surface area (Å²) in [7, 11) is 0. The summed E-state index contributed by atoms with van der Waals surface area (Å²) >= 11 is 0. The summed E-state index contributed by atoms with van der Waals surface area (Å²) in [5.74, 6) is -0.730. The quantitative estimate of drug-likeness (QED) is 0.585. The van der Waals surface area contributed by atoms with Gasteiger partial charge in [0.25, 0.3) is 0 Å². The number of hydrogen-bond acceptors (Lipinski definition) is 4. The lowest BCUT2D eigenvalue weighted by Crippen LogP contribution is -2.16. The monoisotopic (exact) mass is 376 g/mol. The molecule has 2 unspecified atom stereocenters. The summed E-state index contributed by atoms with van der Waals surface area (Å²) < 4.78 is 5.45. The van der Waals surface area contributed by atoms with Crippen LogP contribution in [0.25, 0.3) is 0 Å². The van der Waals surface area contributed by atoms with Gasteiger partial charge in [-0.05, 0) is 30.5 Å². The molecule has 3 rings (SSSR count). The molecule has 0 saturated heterocycles. The van der Waals surface area contributed by atoms with Gasteiger partial charge in [0.15, 0.2) is 5.78 Å². The Morgan fingerprint density at radius 3 is 2.54 bits per heavy atom. The number of hydrogen-bond donors (Lipinski definition) is 1. The lowest BCUT2D eigenvalue weighted by Gasteiger charge is -2.16. The van der Waals surface area contributed by atoms with Gasteiger partial charge in [0, 0.05) is 23.7 Å². The highest BCUT2D eigenvalue weighted by Gasteiger charge is 2.19. The van der Waals surface area contributed by atoms with E-state index in [-0.39, 0.29) is 30.9 Å². The first-order valence-electron chi connectivity index (χ1n) is 9.43. The first kappa shape index (κ1) is 19.8. The normalized spacial score (nSPS) is 16.9. The van der Waals surface area contributed by atoms with Gasteiger partial charge >= 0.3 is 5.97 Å². The van der Waals surface area contributed by atoms with Crippen LogP contribution < -0.4 is 0 Å². The average Bonchev–Trinajstić information content (AvgIpc) is 2.77. The van der Waals surface area contributed by atoms with Crippen LogP contribution >= 0.6 is 0 Å². The van der Waals surface area contributed by atoms with Gasteiger partial charge in [-0.2, -0.15) is 0 Å². The van der Waals surface area contributed by atoms with Crippen molar-refractivity contribution in [1.29, 1.82) is 0 Å². The molecule has 0 amide bonds. The van der Waals surface area contributed by atoms with Crippen LogP contribution in [-0.4, -0.2) is 30.1 Å². The van der Waals surface area contributed by atoms with E-state index in [2.05, 4.69) is 0 Å². The molecule has 0 aliphatic heterocycles. The number of carbonyl (C=O) groups is 2. The van der Waals surface area contributed by atoms with E-state index in [4.69, 9.17) is 9.84 Å². The molecular weight excluding hydrogens is 352 g/mol. The Balaban J connectivity index is 1.63. The van der Waals surface area contributed by atoms with E-state index in [1.54, 1.807) is 37.3 Å². The maximum atomic E-state index is 12.6. The van der Waals surface area contributed by atoms with Gasteiger partial charge in [-0.15, -0.1) is 0 Å². The fourth-order valence-corrected chi connectivity index (χ4v) is 3.07. The van der Waals surface area contributed by atoms with Crippen molar-refractivity contribution in [1.82, 2.24) is 0 Å².